The molecule has 0 aliphatic carbocycles. The van der Waals surface area contributed by atoms with Crippen molar-refractivity contribution in [3.63, 3.8) is 0 Å². The fraction of sp³-hybridized carbons (Fsp3) is 0.778. The van der Waals surface area contributed by atoms with Crippen LogP contribution < -0.4 is 0 Å². The molecule has 4 unspecified atom stereocenters. The summed E-state index contributed by atoms with van der Waals surface area (Å²) in [5, 5.41) is 0. The van der Waals surface area contributed by atoms with Crippen LogP contribution in [-0.2, 0) is 14.3 Å². The van der Waals surface area contributed by atoms with Crippen molar-refractivity contribution in [2.45, 2.75) is 33.0 Å². The van der Waals surface area contributed by atoms with Crippen LogP contribution >= 0.6 is 0 Å². The zero-order chi connectivity index (χ0) is 10.0. The van der Waals surface area contributed by atoms with E-state index in [1.807, 2.05) is 20.8 Å². The molecule has 0 saturated carbocycles. The fourth-order valence-corrected chi connectivity index (χ4v) is 1.81. The number of nitrogens with zero attached hydrogens (tertiary/aromatic N) is 1. The molecule has 1 rings (SSSR count). The Morgan fingerprint density at radius 1 is 1.31 bits per heavy atom. The van der Waals surface area contributed by atoms with Crippen molar-refractivity contribution in [1.82, 2.24) is 0 Å². The molecule has 4 heteroatoms. The summed E-state index contributed by atoms with van der Waals surface area (Å²) in [6.07, 6.45) is 1.16. The van der Waals surface area contributed by atoms with Crippen LogP contribution in [0.1, 0.15) is 20.8 Å². The molecule has 1 amide bonds. The molecule has 0 bridgehead atoms. The summed E-state index contributed by atoms with van der Waals surface area (Å²) < 4.78 is 5.44. The van der Waals surface area contributed by atoms with Gasteiger partial charge in [0.25, 0.3) is 5.91 Å². The maximum Gasteiger partial charge on any atom is 0.262 e. The van der Waals surface area contributed by atoms with Crippen LogP contribution in [0.15, 0.2) is 4.99 Å². The maximum absolute atomic E-state index is 11.3. The number of carbonyl (C=O) groups is 1. The van der Waals surface area contributed by atoms with Gasteiger partial charge in [-0.3, -0.25) is 4.79 Å². The van der Waals surface area contributed by atoms with Crippen molar-refractivity contribution in [2.75, 3.05) is 0 Å². The second kappa shape index (κ2) is 3.81. The molecule has 0 aromatic carbocycles. The lowest BCUT2D eigenvalue weighted by atomic mass is 9.89. The van der Waals surface area contributed by atoms with E-state index in [0.717, 1.165) is 0 Å². The van der Waals surface area contributed by atoms with E-state index < -0.39 is 5.91 Å². The van der Waals surface area contributed by atoms with Crippen molar-refractivity contribution >= 4 is 12.0 Å². The van der Waals surface area contributed by atoms with Crippen LogP contribution in [0.4, 0.5) is 0 Å². The van der Waals surface area contributed by atoms with Crippen LogP contribution in [-0.4, -0.2) is 24.2 Å². The summed E-state index contributed by atoms with van der Waals surface area (Å²) in [7, 11) is 0. The van der Waals surface area contributed by atoms with E-state index in [0.29, 0.717) is 0 Å². The minimum Gasteiger partial charge on any atom is -0.374 e. The SMILES string of the molecule is CC1OC(C)C(C(=O)N=C=O)C1C. The Hall–Kier alpha value is -0.990. The number of carbonyl (C=O) groups excluding carboxylic acids is 2. The van der Waals surface area contributed by atoms with Gasteiger partial charge < -0.3 is 4.74 Å². The van der Waals surface area contributed by atoms with Gasteiger partial charge in [0.1, 0.15) is 0 Å². The highest BCUT2D eigenvalue weighted by molar-refractivity contribution is 5.84. The van der Waals surface area contributed by atoms with Crippen LogP contribution in [0.2, 0.25) is 0 Å². The van der Waals surface area contributed by atoms with Gasteiger partial charge in [-0.25, -0.2) is 4.79 Å². The van der Waals surface area contributed by atoms with Gasteiger partial charge in [0.15, 0.2) is 0 Å². The lowest BCUT2D eigenvalue weighted by molar-refractivity contribution is -0.123. The monoisotopic (exact) mass is 183 g/mol. The third-order valence-corrected chi connectivity index (χ3v) is 2.68. The normalized spacial score (nSPS) is 38.4. The molecule has 1 saturated heterocycles. The standard InChI is InChI=1S/C9H13NO3/c1-5-6(2)13-7(3)8(5)9(12)10-4-11/h5-8H,1-3H3. The first-order chi connectivity index (χ1) is 6.07. The molecule has 4 atom stereocenters. The second-order valence-electron chi connectivity index (χ2n) is 3.47. The summed E-state index contributed by atoms with van der Waals surface area (Å²) in [5.41, 5.74) is 0. The van der Waals surface area contributed by atoms with Crippen molar-refractivity contribution in [1.29, 1.82) is 0 Å². The highest BCUT2D eigenvalue weighted by atomic mass is 16.5. The van der Waals surface area contributed by atoms with E-state index in [1.54, 1.807) is 0 Å². The molecule has 13 heavy (non-hydrogen) atoms. The molecule has 0 aromatic rings. The number of hydrogen-bond acceptors (Lipinski definition) is 3. The number of hydrogen-bond donors (Lipinski definition) is 0. The average Bonchev–Trinajstić information content (AvgIpc) is 2.27. The third kappa shape index (κ3) is 1.85. The zero-order valence-electron chi connectivity index (χ0n) is 7.98. The van der Waals surface area contributed by atoms with Crippen molar-refractivity contribution in [3.05, 3.63) is 0 Å². The molecular formula is C9H13NO3. The molecule has 0 N–H and O–H groups in total. The fourth-order valence-electron chi connectivity index (χ4n) is 1.81. The predicted molar refractivity (Wildman–Crippen MR) is 45.8 cm³/mol. The molecule has 1 aliphatic heterocycles. The van der Waals surface area contributed by atoms with Gasteiger partial charge >= 0.3 is 0 Å². The van der Waals surface area contributed by atoms with Crippen molar-refractivity contribution in [2.24, 2.45) is 16.8 Å². The van der Waals surface area contributed by atoms with Gasteiger partial charge in [-0.1, -0.05) is 6.92 Å². The Kier molecular flexibility index (Phi) is 2.96. The van der Waals surface area contributed by atoms with E-state index in [4.69, 9.17) is 4.74 Å². The van der Waals surface area contributed by atoms with E-state index in [1.165, 1.54) is 6.08 Å². The number of isocyanates is 1. The smallest absolute Gasteiger partial charge is 0.262 e. The van der Waals surface area contributed by atoms with E-state index in [2.05, 4.69) is 4.99 Å². The Balaban J connectivity index is 2.79. The lowest BCUT2D eigenvalue weighted by Crippen LogP contribution is -2.25. The van der Waals surface area contributed by atoms with E-state index in [-0.39, 0.29) is 24.0 Å². The highest BCUT2D eigenvalue weighted by Crippen LogP contribution is 2.32. The first kappa shape index (κ1) is 10.1. The minimum atomic E-state index is -0.417. The van der Waals surface area contributed by atoms with Crippen LogP contribution in [0.3, 0.4) is 0 Å². The first-order valence-electron chi connectivity index (χ1n) is 4.35. The largest absolute Gasteiger partial charge is 0.374 e. The van der Waals surface area contributed by atoms with Crippen molar-refractivity contribution < 1.29 is 14.3 Å². The average molecular weight is 183 g/mol. The summed E-state index contributed by atoms with van der Waals surface area (Å²) in [6, 6.07) is 0. The second-order valence-corrected chi connectivity index (χ2v) is 3.47. The third-order valence-electron chi connectivity index (χ3n) is 2.68. The number of rotatable bonds is 1. The Morgan fingerprint density at radius 3 is 2.31 bits per heavy atom. The molecule has 1 aliphatic rings. The molecule has 4 nitrogen and oxygen atoms in total. The van der Waals surface area contributed by atoms with Crippen molar-refractivity contribution in [3.8, 4) is 0 Å². The molecule has 0 radical (unpaired) electrons. The van der Waals surface area contributed by atoms with Gasteiger partial charge in [-0.2, -0.15) is 0 Å². The summed E-state index contributed by atoms with van der Waals surface area (Å²) in [5.74, 6) is -0.601. The predicted octanol–water partition coefficient (Wildman–Crippen LogP) is 0.908. The maximum atomic E-state index is 11.3. The van der Waals surface area contributed by atoms with Gasteiger partial charge in [-0.05, 0) is 19.8 Å². The molecule has 0 spiro atoms. The number of aliphatic imine (C=N–C) groups is 1. The van der Waals surface area contributed by atoms with Gasteiger partial charge in [0.05, 0.1) is 18.1 Å². The minimum absolute atomic E-state index is 0.0470. The topological polar surface area (TPSA) is 55.7 Å². The Labute approximate surface area is 77.0 Å². The van der Waals surface area contributed by atoms with Gasteiger partial charge in [0.2, 0.25) is 6.08 Å². The summed E-state index contributed by atoms with van der Waals surface area (Å²) >= 11 is 0. The quantitative estimate of drug-likeness (QED) is 0.448. The zero-order valence-corrected chi connectivity index (χ0v) is 7.98. The highest BCUT2D eigenvalue weighted by Gasteiger charge is 2.41. The number of ether oxygens (including phenoxy) is 1. The van der Waals surface area contributed by atoms with Crippen LogP contribution in [0.5, 0.6) is 0 Å². The lowest BCUT2D eigenvalue weighted by Gasteiger charge is -2.12. The number of amides is 1. The summed E-state index contributed by atoms with van der Waals surface area (Å²) in [6.45, 7) is 5.67. The van der Waals surface area contributed by atoms with E-state index in [9.17, 15) is 9.59 Å². The molecule has 1 fully saturated rings. The van der Waals surface area contributed by atoms with Crippen LogP contribution in [0, 0.1) is 11.8 Å². The van der Waals surface area contributed by atoms with E-state index >= 15 is 0 Å². The first-order valence-corrected chi connectivity index (χ1v) is 4.35. The molecular weight excluding hydrogens is 170 g/mol. The molecule has 1 heterocycles. The summed E-state index contributed by atoms with van der Waals surface area (Å²) in [4.78, 5) is 24.3. The molecule has 72 valence electrons. The Bertz CT molecular complexity index is 258. The van der Waals surface area contributed by atoms with Crippen LogP contribution in [0.25, 0.3) is 0 Å². The molecule has 0 aromatic heterocycles. The van der Waals surface area contributed by atoms with Gasteiger partial charge in [-0.15, -0.1) is 4.99 Å². The van der Waals surface area contributed by atoms with Gasteiger partial charge in [0, 0.05) is 0 Å². The Morgan fingerprint density at radius 2 is 1.92 bits per heavy atom.